The lowest BCUT2D eigenvalue weighted by Gasteiger charge is -2.13. The Hall–Kier alpha value is -1.94. The molecule has 2 aromatic rings. The molecule has 0 aliphatic rings. The first-order valence-corrected chi connectivity index (χ1v) is 9.19. The molecule has 1 atom stereocenters. The summed E-state index contributed by atoms with van der Waals surface area (Å²) in [5.74, 6) is 0.869. The standard InChI is InChI=1S/C20H25NO2S/c1-4-17-7-9-18(10-8-17)23-14-13-21-20(22)16(3)24-19-11-5-15(2)6-12-19/h5-12,16H,4,13-14H2,1-3H3,(H,21,22)/t16-/m1/s1. The molecule has 4 heteroatoms. The number of ether oxygens (including phenoxy) is 1. The maximum atomic E-state index is 12.1. The third-order valence-electron chi connectivity index (χ3n) is 3.70. The third-order valence-corrected chi connectivity index (χ3v) is 4.82. The highest BCUT2D eigenvalue weighted by molar-refractivity contribution is 8.00. The summed E-state index contributed by atoms with van der Waals surface area (Å²) in [6.07, 6.45) is 1.02. The summed E-state index contributed by atoms with van der Waals surface area (Å²) >= 11 is 1.57. The van der Waals surface area contributed by atoms with Crippen molar-refractivity contribution in [2.24, 2.45) is 0 Å². The predicted octanol–water partition coefficient (Wildman–Crippen LogP) is 4.23. The number of nitrogens with one attached hydrogen (secondary N) is 1. The van der Waals surface area contributed by atoms with Gasteiger partial charge in [0.1, 0.15) is 12.4 Å². The van der Waals surface area contributed by atoms with Crippen LogP contribution in [-0.4, -0.2) is 24.3 Å². The molecule has 1 N–H and O–H groups in total. The molecular formula is C20H25NO2S. The highest BCUT2D eigenvalue weighted by Crippen LogP contribution is 2.23. The zero-order valence-corrected chi connectivity index (χ0v) is 15.4. The van der Waals surface area contributed by atoms with E-state index in [0.717, 1.165) is 17.1 Å². The summed E-state index contributed by atoms with van der Waals surface area (Å²) in [5, 5.41) is 2.79. The van der Waals surface area contributed by atoms with E-state index in [-0.39, 0.29) is 11.2 Å². The number of benzene rings is 2. The van der Waals surface area contributed by atoms with Gasteiger partial charge in [0.25, 0.3) is 0 Å². The van der Waals surface area contributed by atoms with Crippen LogP contribution in [0.5, 0.6) is 5.75 Å². The number of carbonyl (C=O) groups is 1. The number of hydrogen-bond acceptors (Lipinski definition) is 3. The molecule has 3 nitrogen and oxygen atoms in total. The monoisotopic (exact) mass is 343 g/mol. The molecule has 0 heterocycles. The van der Waals surface area contributed by atoms with Gasteiger partial charge in [-0.1, -0.05) is 36.8 Å². The van der Waals surface area contributed by atoms with Crippen molar-refractivity contribution in [2.75, 3.05) is 13.2 Å². The topological polar surface area (TPSA) is 38.3 Å². The van der Waals surface area contributed by atoms with E-state index in [9.17, 15) is 4.79 Å². The van der Waals surface area contributed by atoms with Gasteiger partial charge in [-0.25, -0.2) is 0 Å². The SMILES string of the molecule is CCc1ccc(OCCNC(=O)[C@@H](C)Sc2ccc(C)cc2)cc1. The van der Waals surface area contributed by atoms with Crippen molar-refractivity contribution in [2.45, 2.75) is 37.3 Å². The van der Waals surface area contributed by atoms with Crippen molar-refractivity contribution in [1.29, 1.82) is 0 Å². The second-order valence-electron chi connectivity index (χ2n) is 5.71. The van der Waals surface area contributed by atoms with Crippen molar-refractivity contribution >= 4 is 17.7 Å². The van der Waals surface area contributed by atoms with Crippen molar-refractivity contribution in [3.8, 4) is 5.75 Å². The molecule has 0 aliphatic carbocycles. The van der Waals surface area contributed by atoms with Gasteiger partial charge >= 0.3 is 0 Å². The highest BCUT2D eigenvalue weighted by Gasteiger charge is 2.13. The van der Waals surface area contributed by atoms with Crippen LogP contribution < -0.4 is 10.1 Å². The number of aryl methyl sites for hydroxylation is 2. The van der Waals surface area contributed by atoms with Gasteiger partial charge in [-0.05, 0) is 50.1 Å². The smallest absolute Gasteiger partial charge is 0.233 e. The Morgan fingerprint density at radius 3 is 2.42 bits per heavy atom. The maximum Gasteiger partial charge on any atom is 0.233 e. The van der Waals surface area contributed by atoms with Crippen LogP contribution in [0, 0.1) is 6.92 Å². The molecule has 0 saturated carbocycles. The summed E-state index contributed by atoms with van der Waals surface area (Å²) in [6.45, 7) is 7.08. The van der Waals surface area contributed by atoms with Gasteiger partial charge in [0.05, 0.1) is 11.8 Å². The molecule has 0 fully saturated rings. The number of thioether (sulfide) groups is 1. The largest absolute Gasteiger partial charge is 0.492 e. The minimum Gasteiger partial charge on any atom is -0.492 e. The third kappa shape index (κ3) is 5.93. The molecular weight excluding hydrogens is 318 g/mol. The second kappa shape index (κ2) is 9.38. The van der Waals surface area contributed by atoms with Gasteiger partial charge in [-0.3, -0.25) is 4.79 Å². The zero-order valence-electron chi connectivity index (χ0n) is 14.5. The Kier molecular flexibility index (Phi) is 7.19. The number of carbonyl (C=O) groups excluding carboxylic acids is 1. The molecule has 0 radical (unpaired) electrons. The molecule has 0 aliphatic heterocycles. The van der Waals surface area contributed by atoms with Crippen LogP contribution in [0.1, 0.15) is 25.0 Å². The van der Waals surface area contributed by atoms with E-state index in [1.54, 1.807) is 11.8 Å². The van der Waals surface area contributed by atoms with Crippen molar-refractivity contribution in [3.63, 3.8) is 0 Å². The molecule has 0 bridgehead atoms. The van der Waals surface area contributed by atoms with Crippen LogP contribution in [-0.2, 0) is 11.2 Å². The Morgan fingerprint density at radius 1 is 1.12 bits per heavy atom. The van der Waals surface area contributed by atoms with Crippen LogP contribution in [0.3, 0.4) is 0 Å². The van der Waals surface area contributed by atoms with Crippen molar-refractivity contribution in [1.82, 2.24) is 5.32 Å². The Morgan fingerprint density at radius 2 is 1.79 bits per heavy atom. The molecule has 128 valence electrons. The second-order valence-corrected chi connectivity index (χ2v) is 7.12. The molecule has 1 amide bonds. The first kappa shape index (κ1) is 18.4. The summed E-state index contributed by atoms with van der Waals surface area (Å²) in [5.41, 5.74) is 2.51. The molecule has 0 saturated heterocycles. The zero-order chi connectivity index (χ0) is 17.4. The van der Waals surface area contributed by atoms with Crippen LogP contribution in [0.15, 0.2) is 53.4 Å². The van der Waals surface area contributed by atoms with Gasteiger partial charge in [0.15, 0.2) is 0 Å². The maximum absolute atomic E-state index is 12.1. The molecule has 24 heavy (non-hydrogen) atoms. The summed E-state index contributed by atoms with van der Waals surface area (Å²) in [6, 6.07) is 16.3. The van der Waals surface area contributed by atoms with Crippen LogP contribution in [0.2, 0.25) is 0 Å². The van der Waals surface area contributed by atoms with E-state index in [0.29, 0.717) is 13.2 Å². The quantitative estimate of drug-likeness (QED) is 0.576. The lowest BCUT2D eigenvalue weighted by atomic mass is 10.2. The van der Waals surface area contributed by atoms with E-state index in [2.05, 4.69) is 43.4 Å². The minimum absolute atomic E-state index is 0.0329. The molecule has 2 rings (SSSR count). The molecule has 0 unspecified atom stereocenters. The fraction of sp³-hybridized carbons (Fsp3) is 0.350. The predicted molar refractivity (Wildman–Crippen MR) is 101 cm³/mol. The van der Waals surface area contributed by atoms with Crippen LogP contribution in [0.4, 0.5) is 0 Å². The molecule has 0 spiro atoms. The van der Waals surface area contributed by atoms with Gasteiger partial charge in [0, 0.05) is 4.90 Å². The Bertz CT molecular complexity index is 638. The number of amides is 1. The number of rotatable bonds is 8. The fourth-order valence-corrected chi connectivity index (χ4v) is 3.07. The Balaban J connectivity index is 1.69. The first-order chi connectivity index (χ1) is 11.6. The number of hydrogen-bond donors (Lipinski definition) is 1. The average Bonchev–Trinajstić information content (AvgIpc) is 2.61. The normalized spacial score (nSPS) is 11.8. The minimum atomic E-state index is -0.128. The van der Waals surface area contributed by atoms with Gasteiger partial charge in [-0.2, -0.15) is 0 Å². The van der Waals surface area contributed by atoms with Crippen LogP contribution >= 0.6 is 11.8 Å². The highest BCUT2D eigenvalue weighted by atomic mass is 32.2. The van der Waals surface area contributed by atoms with Crippen molar-refractivity contribution in [3.05, 3.63) is 59.7 Å². The van der Waals surface area contributed by atoms with Gasteiger partial charge < -0.3 is 10.1 Å². The summed E-state index contributed by atoms with van der Waals surface area (Å²) < 4.78 is 5.65. The van der Waals surface area contributed by atoms with E-state index in [4.69, 9.17) is 4.74 Å². The summed E-state index contributed by atoms with van der Waals surface area (Å²) in [7, 11) is 0. The van der Waals surface area contributed by atoms with Gasteiger partial charge in [-0.15, -0.1) is 11.8 Å². The van der Waals surface area contributed by atoms with E-state index >= 15 is 0 Å². The van der Waals surface area contributed by atoms with Crippen LogP contribution in [0.25, 0.3) is 0 Å². The molecule has 2 aromatic carbocycles. The summed E-state index contributed by atoms with van der Waals surface area (Å²) in [4.78, 5) is 13.2. The van der Waals surface area contributed by atoms with E-state index < -0.39 is 0 Å². The molecule has 0 aromatic heterocycles. The first-order valence-electron chi connectivity index (χ1n) is 8.31. The lowest BCUT2D eigenvalue weighted by molar-refractivity contribution is -0.120. The van der Waals surface area contributed by atoms with E-state index in [1.807, 2.05) is 31.2 Å². The average molecular weight is 343 g/mol. The lowest BCUT2D eigenvalue weighted by Crippen LogP contribution is -2.33. The Labute approximate surface area is 148 Å². The van der Waals surface area contributed by atoms with Crippen molar-refractivity contribution < 1.29 is 9.53 Å². The fourth-order valence-electron chi connectivity index (χ4n) is 2.18. The van der Waals surface area contributed by atoms with Gasteiger partial charge in [0.2, 0.25) is 5.91 Å². The van der Waals surface area contributed by atoms with E-state index in [1.165, 1.54) is 11.1 Å².